The number of aromatic nitrogens is 5. The molecule has 1 amide bonds. The van der Waals surface area contributed by atoms with Gasteiger partial charge in [0, 0.05) is 25.9 Å². The van der Waals surface area contributed by atoms with Gasteiger partial charge in [0.2, 0.25) is 0 Å². The highest BCUT2D eigenvalue weighted by atomic mass is 32.1. The van der Waals surface area contributed by atoms with E-state index in [0.29, 0.717) is 5.69 Å². The van der Waals surface area contributed by atoms with Gasteiger partial charge in [0.05, 0.1) is 24.1 Å². The maximum atomic E-state index is 12.6. The topological polar surface area (TPSA) is 77.6 Å². The predicted molar refractivity (Wildman–Crippen MR) is 118 cm³/mol. The highest BCUT2D eigenvalue weighted by molar-refractivity contribution is 7.21. The Labute approximate surface area is 177 Å². The summed E-state index contributed by atoms with van der Waals surface area (Å²) in [5, 5.41) is 3.97. The van der Waals surface area contributed by atoms with Crippen molar-refractivity contribution < 1.29 is 4.79 Å². The van der Waals surface area contributed by atoms with Gasteiger partial charge in [-0.15, -0.1) is 0 Å². The lowest BCUT2D eigenvalue weighted by Gasteiger charge is -2.15. The molecule has 0 fully saturated rings. The van der Waals surface area contributed by atoms with Crippen molar-refractivity contribution in [2.24, 2.45) is 14.1 Å². The zero-order valence-electron chi connectivity index (χ0n) is 16.8. The van der Waals surface area contributed by atoms with Gasteiger partial charge in [0.1, 0.15) is 26.6 Å². The lowest BCUT2D eigenvalue weighted by atomic mass is 10.1. The van der Waals surface area contributed by atoms with Crippen LogP contribution in [0.3, 0.4) is 0 Å². The van der Waals surface area contributed by atoms with E-state index in [4.69, 9.17) is 4.98 Å². The number of nitrogens with zero attached hydrogens (tertiary/aromatic N) is 5. The number of rotatable bonds is 4. The summed E-state index contributed by atoms with van der Waals surface area (Å²) in [5.41, 5.74) is 5.35. The van der Waals surface area contributed by atoms with Gasteiger partial charge >= 0.3 is 0 Å². The zero-order valence-corrected chi connectivity index (χ0v) is 17.6. The van der Waals surface area contributed by atoms with E-state index in [2.05, 4.69) is 21.4 Å². The van der Waals surface area contributed by atoms with Crippen molar-refractivity contribution in [2.75, 3.05) is 0 Å². The van der Waals surface area contributed by atoms with Crippen LogP contribution in [0.15, 0.2) is 55.1 Å². The Hall–Kier alpha value is -3.52. The molecule has 0 saturated carbocycles. The molecule has 1 atom stereocenters. The summed E-state index contributed by atoms with van der Waals surface area (Å²) in [6.45, 7) is 1.99. The predicted octanol–water partition coefficient (Wildman–Crippen LogP) is 4.07. The standard InChI is InChI=1S/C22H20N6OS/c1-13(25-20(29)17-8-5-9-27(17)2)14-6-4-7-15(10-14)21-26-18-19-16(24-12-28(19)3)11-23-22(18)30-21/h4-13H,1-3H3,(H,25,29)/t13-/m0/s1. The Balaban J connectivity index is 1.47. The van der Waals surface area contributed by atoms with E-state index in [1.165, 1.54) is 0 Å². The van der Waals surface area contributed by atoms with Crippen LogP contribution in [0.25, 0.3) is 32.0 Å². The van der Waals surface area contributed by atoms with Gasteiger partial charge in [0.15, 0.2) is 0 Å². The minimum absolute atomic E-state index is 0.0943. The van der Waals surface area contributed by atoms with Crippen LogP contribution in [0.2, 0.25) is 0 Å². The van der Waals surface area contributed by atoms with Crippen LogP contribution in [0, 0.1) is 0 Å². The molecule has 0 aliphatic carbocycles. The van der Waals surface area contributed by atoms with Crippen molar-refractivity contribution in [3.05, 3.63) is 66.4 Å². The fourth-order valence-corrected chi connectivity index (χ4v) is 4.53. The molecule has 5 aromatic rings. The summed E-state index contributed by atoms with van der Waals surface area (Å²) in [4.78, 5) is 27.2. The average molecular weight is 417 g/mol. The van der Waals surface area contributed by atoms with E-state index in [1.807, 2.05) is 66.7 Å². The van der Waals surface area contributed by atoms with Crippen LogP contribution in [0.1, 0.15) is 29.0 Å². The molecule has 7 nitrogen and oxygen atoms in total. The first-order chi connectivity index (χ1) is 14.5. The lowest BCUT2D eigenvalue weighted by molar-refractivity contribution is 0.0931. The van der Waals surface area contributed by atoms with E-state index in [1.54, 1.807) is 23.9 Å². The number of nitrogens with one attached hydrogen (secondary N) is 1. The van der Waals surface area contributed by atoms with Gasteiger partial charge < -0.3 is 14.5 Å². The quantitative estimate of drug-likeness (QED) is 0.479. The van der Waals surface area contributed by atoms with Gasteiger partial charge in [-0.25, -0.2) is 15.0 Å². The maximum absolute atomic E-state index is 12.6. The van der Waals surface area contributed by atoms with Crippen LogP contribution in [0.4, 0.5) is 0 Å². The van der Waals surface area contributed by atoms with E-state index in [9.17, 15) is 4.79 Å². The van der Waals surface area contributed by atoms with Crippen LogP contribution >= 0.6 is 11.3 Å². The Morgan fingerprint density at radius 1 is 1.13 bits per heavy atom. The Morgan fingerprint density at radius 2 is 2.00 bits per heavy atom. The Kier molecular flexibility index (Phi) is 4.36. The molecule has 0 bridgehead atoms. The second-order valence-electron chi connectivity index (χ2n) is 7.35. The second-order valence-corrected chi connectivity index (χ2v) is 8.32. The number of carbonyl (C=O) groups is 1. The largest absolute Gasteiger partial charge is 0.347 e. The molecular weight excluding hydrogens is 396 g/mol. The number of fused-ring (bicyclic) bond motifs is 3. The number of hydrogen-bond acceptors (Lipinski definition) is 5. The highest BCUT2D eigenvalue weighted by Gasteiger charge is 2.16. The van der Waals surface area contributed by atoms with Gasteiger partial charge in [0.25, 0.3) is 5.91 Å². The average Bonchev–Trinajstić information content (AvgIpc) is 3.46. The number of thiazole rings is 1. The number of aryl methyl sites for hydroxylation is 2. The smallest absolute Gasteiger partial charge is 0.268 e. The number of amides is 1. The molecule has 4 heterocycles. The molecule has 5 rings (SSSR count). The molecule has 8 heteroatoms. The van der Waals surface area contributed by atoms with Crippen molar-refractivity contribution >= 4 is 38.6 Å². The van der Waals surface area contributed by atoms with Crippen molar-refractivity contribution in [2.45, 2.75) is 13.0 Å². The zero-order chi connectivity index (χ0) is 20.8. The van der Waals surface area contributed by atoms with Crippen molar-refractivity contribution in [3.63, 3.8) is 0 Å². The van der Waals surface area contributed by atoms with E-state index < -0.39 is 0 Å². The third kappa shape index (κ3) is 3.05. The highest BCUT2D eigenvalue weighted by Crippen LogP contribution is 2.33. The normalized spacial score (nSPS) is 12.5. The lowest BCUT2D eigenvalue weighted by Crippen LogP contribution is -2.28. The van der Waals surface area contributed by atoms with Gasteiger partial charge in [-0.2, -0.15) is 0 Å². The van der Waals surface area contributed by atoms with E-state index >= 15 is 0 Å². The van der Waals surface area contributed by atoms with Gasteiger partial charge in [-0.1, -0.05) is 29.5 Å². The summed E-state index contributed by atoms with van der Waals surface area (Å²) < 4.78 is 3.78. The number of carbonyl (C=O) groups excluding carboxylic acids is 1. The molecule has 0 unspecified atom stereocenters. The summed E-state index contributed by atoms with van der Waals surface area (Å²) in [7, 11) is 3.83. The molecule has 0 radical (unpaired) electrons. The summed E-state index contributed by atoms with van der Waals surface area (Å²) >= 11 is 1.56. The van der Waals surface area contributed by atoms with Gasteiger partial charge in [-0.3, -0.25) is 4.79 Å². The first kappa shape index (κ1) is 18.5. The fourth-order valence-electron chi connectivity index (χ4n) is 3.62. The Morgan fingerprint density at radius 3 is 2.80 bits per heavy atom. The van der Waals surface area contributed by atoms with Crippen molar-refractivity contribution in [1.29, 1.82) is 0 Å². The monoisotopic (exact) mass is 416 g/mol. The Bertz CT molecular complexity index is 1400. The molecule has 1 N–H and O–H groups in total. The first-order valence-corrected chi connectivity index (χ1v) is 10.4. The first-order valence-electron chi connectivity index (χ1n) is 9.60. The molecule has 0 aliphatic rings. The molecule has 30 heavy (non-hydrogen) atoms. The fraction of sp³-hybridized carbons (Fsp3) is 0.182. The van der Waals surface area contributed by atoms with Crippen molar-refractivity contribution in [1.82, 2.24) is 29.4 Å². The van der Waals surface area contributed by atoms with Crippen LogP contribution in [-0.4, -0.2) is 30.0 Å². The third-order valence-electron chi connectivity index (χ3n) is 5.26. The van der Waals surface area contributed by atoms with E-state index in [-0.39, 0.29) is 11.9 Å². The summed E-state index contributed by atoms with van der Waals surface area (Å²) in [6.07, 6.45) is 5.43. The number of benzene rings is 1. The molecule has 0 saturated heterocycles. The minimum atomic E-state index is -0.136. The molecule has 1 aromatic carbocycles. The van der Waals surface area contributed by atoms with Gasteiger partial charge in [-0.05, 0) is 30.7 Å². The van der Waals surface area contributed by atoms with E-state index in [0.717, 1.165) is 37.5 Å². The second kappa shape index (κ2) is 7.07. The molecule has 4 aromatic heterocycles. The molecule has 0 spiro atoms. The molecule has 0 aliphatic heterocycles. The number of hydrogen-bond donors (Lipinski definition) is 1. The van der Waals surface area contributed by atoms with Crippen LogP contribution in [0.5, 0.6) is 0 Å². The number of imidazole rings is 1. The maximum Gasteiger partial charge on any atom is 0.268 e. The van der Waals surface area contributed by atoms with Crippen molar-refractivity contribution in [3.8, 4) is 10.6 Å². The third-order valence-corrected chi connectivity index (χ3v) is 6.27. The minimum Gasteiger partial charge on any atom is -0.347 e. The number of pyridine rings is 1. The van der Waals surface area contributed by atoms with Crippen LogP contribution in [-0.2, 0) is 14.1 Å². The summed E-state index contributed by atoms with van der Waals surface area (Å²) in [6, 6.07) is 11.7. The van der Waals surface area contributed by atoms with Crippen LogP contribution < -0.4 is 5.32 Å². The SMILES string of the molecule is C[C@H](NC(=O)c1cccn1C)c1cccc(-c2nc3c(ncc4ncn(C)c43)s2)c1. The molecular formula is C22H20N6OS. The summed E-state index contributed by atoms with van der Waals surface area (Å²) in [5.74, 6) is -0.0943. The molecule has 150 valence electrons.